The van der Waals surface area contributed by atoms with Gasteiger partial charge in [0.05, 0.1) is 6.34 Å². The second kappa shape index (κ2) is 5.29. The second-order valence-corrected chi connectivity index (χ2v) is 2.44. The molecule has 0 unspecified atom stereocenters. The monoisotopic (exact) mass is 168 g/mol. The zero-order chi connectivity index (χ0) is 8.65. The molecule has 1 heterocycles. The molecular weight excluding hydrogens is 156 g/mol. The molecule has 5 heteroatoms. The maximum Gasteiger partial charge on any atom is 0.207 e. The molecule has 0 aromatic heterocycles. The van der Waals surface area contributed by atoms with Crippen LogP contribution in [0, 0.1) is 0 Å². The van der Waals surface area contributed by atoms with E-state index < -0.39 is 0 Å². The topological polar surface area (TPSA) is 57.1 Å². The fourth-order valence-corrected chi connectivity index (χ4v) is 0.921. The highest BCUT2D eigenvalue weighted by Crippen LogP contribution is 1.91. The van der Waals surface area contributed by atoms with Crippen LogP contribution in [0.25, 0.3) is 0 Å². The molecule has 0 fully saturated rings. The van der Waals surface area contributed by atoms with Crippen molar-refractivity contribution in [3.05, 3.63) is 0 Å². The molecule has 1 aliphatic rings. The van der Waals surface area contributed by atoms with E-state index in [1.165, 1.54) is 0 Å². The van der Waals surface area contributed by atoms with Crippen LogP contribution < -0.4 is 5.32 Å². The Bertz CT molecular complexity index is 190. The average molecular weight is 168 g/mol. The molecule has 0 saturated heterocycles. The first-order valence-electron chi connectivity index (χ1n) is 3.86. The summed E-state index contributed by atoms with van der Waals surface area (Å²) in [5.74, 6) is 0. The Labute approximate surface area is 71.2 Å². The minimum Gasteiger partial charge on any atom is -0.359 e. The Hall–Kier alpha value is -1.39. The van der Waals surface area contributed by atoms with Crippen molar-refractivity contribution in [1.29, 1.82) is 0 Å². The Kier molecular flexibility index (Phi) is 3.83. The van der Waals surface area contributed by atoms with E-state index >= 15 is 0 Å². The third-order valence-electron chi connectivity index (χ3n) is 1.49. The van der Waals surface area contributed by atoms with Gasteiger partial charge >= 0.3 is 0 Å². The zero-order valence-electron chi connectivity index (χ0n) is 6.81. The van der Waals surface area contributed by atoms with Crippen LogP contribution in [0.2, 0.25) is 0 Å². The molecule has 1 amide bonds. The van der Waals surface area contributed by atoms with Crippen molar-refractivity contribution < 1.29 is 4.79 Å². The standard InChI is InChI=1S/C7H12N4O/c12-7-8-2-1-3-11-5-9-4-10-6-11/h4-5,7H,1-3,6H2,(H,8,12). The predicted octanol–water partition coefficient (Wildman–Crippen LogP) is -0.548. The number of hydrogen-bond acceptors (Lipinski definition) is 4. The summed E-state index contributed by atoms with van der Waals surface area (Å²) in [5.41, 5.74) is 0. The Morgan fingerprint density at radius 2 is 2.58 bits per heavy atom. The summed E-state index contributed by atoms with van der Waals surface area (Å²) in [6, 6.07) is 0. The molecule has 0 atom stereocenters. The van der Waals surface area contributed by atoms with Gasteiger partial charge in [-0.05, 0) is 6.42 Å². The number of rotatable bonds is 5. The van der Waals surface area contributed by atoms with E-state index in [-0.39, 0.29) is 0 Å². The van der Waals surface area contributed by atoms with Gasteiger partial charge in [0.15, 0.2) is 0 Å². The molecule has 12 heavy (non-hydrogen) atoms. The molecule has 0 aromatic rings. The van der Waals surface area contributed by atoms with Crippen LogP contribution in [0.15, 0.2) is 9.98 Å². The van der Waals surface area contributed by atoms with Crippen LogP contribution in [0.4, 0.5) is 0 Å². The van der Waals surface area contributed by atoms with E-state index in [2.05, 4.69) is 15.3 Å². The van der Waals surface area contributed by atoms with E-state index in [4.69, 9.17) is 0 Å². The molecule has 1 aliphatic heterocycles. The van der Waals surface area contributed by atoms with Gasteiger partial charge in [-0.25, -0.2) is 4.99 Å². The van der Waals surface area contributed by atoms with E-state index in [1.807, 2.05) is 4.90 Å². The van der Waals surface area contributed by atoms with Crippen LogP contribution in [-0.2, 0) is 4.79 Å². The third kappa shape index (κ3) is 3.14. The Morgan fingerprint density at radius 1 is 1.67 bits per heavy atom. The largest absolute Gasteiger partial charge is 0.359 e. The molecule has 66 valence electrons. The lowest BCUT2D eigenvalue weighted by molar-refractivity contribution is -0.109. The Morgan fingerprint density at radius 3 is 3.25 bits per heavy atom. The first kappa shape index (κ1) is 8.70. The third-order valence-corrected chi connectivity index (χ3v) is 1.49. The van der Waals surface area contributed by atoms with Crippen LogP contribution in [0.5, 0.6) is 0 Å². The van der Waals surface area contributed by atoms with Gasteiger partial charge in [-0.3, -0.25) is 9.79 Å². The highest BCUT2D eigenvalue weighted by atomic mass is 16.1. The number of nitrogens with zero attached hydrogens (tertiary/aromatic N) is 3. The molecular formula is C7H12N4O. The van der Waals surface area contributed by atoms with Crippen molar-refractivity contribution in [2.75, 3.05) is 19.8 Å². The van der Waals surface area contributed by atoms with Gasteiger partial charge in [0.25, 0.3) is 0 Å². The summed E-state index contributed by atoms with van der Waals surface area (Å²) < 4.78 is 0. The summed E-state index contributed by atoms with van der Waals surface area (Å²) in [6.45, 7) is 2.25. The number of amides is 1. The molecule has 0 bridgehead atoms. The van der Waals surface area contributed by atoms with Crippen LogP contribution in [0.3, 0.4) is 0 Å². The molecule has 0 radical (unpaired) electrons. The van der Waals surface area contributed by atoms with Crippen molar-refractivity contribution in [1.82, 2.24) is 10.2 Å². The smallest absolute Gasteiger partial charge is 0.207 e. The normalized spacial score (nSPS) is 14.8. The van der Waals surface area contributed by atoms with Crippen LogP contribution >= 0.6 is 0 Å². The summed E-state index contributed by atoms with van der Waals surface area (Å²) >= 11 is 0. The summed E-state index contributed by atoms with van der Waals surface area (Å²) in [6.07, 6.45) is 4.93. The second-order valence-electron chi connectivity index (χ2n) is 2.44. The summed E-state index contributed by atoms with van der Waals surface area (Å²) in [4.78, 5) is 19.7. The van der Waals surface area contributed by atoms with Crippen LogP contribution in [-0.4, -0.2) is 43.7 Å². The predicted molar refractivity (Wildman–Crippen MR) is 47.2 cm³/mol. The molecule has 0 aliphatic carbocycles. The number of nitrogens with one attached hydrogen (secondary N) is 1. The highest BCUT2D eigenvalue weighted by molar-refractivity contribution is 5.72. The number of carbonyl (C=O) groups is 1. The van der Waals surface area contributed by atoms with Gasteiger partial charge < -0.3 is 10.2 Å². The molecule has 0 aromatic carbocycles. The van der Waals surface area contributed by atoms with E-state index in [0.717, 1.165) is 13.0 Å². The molecule has 5 nitrogen and oxygen atoms in total. The van der Waals surface area contributed by atoms with Gasteiger partial charge in [-0.2, -0.15) is 0 Å². The maximum atomic E-state index is 9.88. The minimum atomic E-state index is 0.671. The van der Waals surface area contributed by atoms with Gasteiger partial charge in [0.1, 0.15) is 13.0 Å². The SMILES string of the molecule is O=CNCCCN1C=NC=NC1. The van der Waals surface area contributed by atoms with E-state index in [9.17, 15) is 4.79 Å². The first-order valence-corrected chi connectivity index (χ1v) is 3.86. The average Bonchev–Trinajstić information content (AvgIpc) is 2.14. The van der Waals surface area contributed by atoms with Crippen molar-refractivity contribution in [3.8, 4) is 0 Å². The van der Waals surface area contributed by atoms with Gasteiger partial charge in [0, 0.05) is 13.1 Å². The molecule has 0 spiro atoms. The number of hydrogen-bond donors (Lipinski definition) is 1. The minimum absolute atomic E-state index is 0.671. The molecule has 0 saturated carbocycles. The first-order chi connectivity index (χ1) is 5.93. The van der Waals surface area contributed by atoms with Gasteiger partial charge in [0.2, 0.25) is 6.41 Å². The van der Waals surface area contributed by atoms with E-state index in [0.29, 0.717) is 19.6 Å². The Balaban J connectivity index is 2.03. The highest BCUT2D eigenvalue weighted by Gasteiger charge is 1.99. The van der Waals surface area contributed by atoms with Crippen molar-refractivity contribution in [2.45, 2.75) is 6.42 Å². The lowest BCUT2D eigenvalue weighted by Crippen LogP contribution is -2.27. The fourth-order valence-electron chi connectivity index (χ4n) is 0.921. The van der Waals surface area contributed by atoms with Crippen LogP contribution in [0.1, 0.15) is 6.42 Å². The van der Waals surface area contributed by atoms with E-state index in [1.54, 1.807) is 12.7 Å². The van der Waals surface area contributed by atoms with Gasteiger partial charge in [-0.1, -0.05) is 0 Å². The lowest BCUT2D eigenvalue weighted by atomic mass is 10.4. The summed E-state index contributed by atoms with van der Waals surface area (Å²) in [5, 5.41) is 2.60. The molecule has 1 N–H and O–H groups in total. The van der Waals surface area contributed by atoms with Crippen molar-refractivity contribution in [3.63, 3.8) is 0 Å². The van der Waals surface area contributed by atoms with Crippen molar-refractivity contribution in [2.24, 2.45) is 9.98 Å². The van der Waals surface area contributed by atoms with Gasteiger partial charge in [-0.15, -0.1) is 0 Å². The fraction of sp³-hybridized carbons (Fsp3) is 0.571. The quantitative estimate of drug-likeness (QED) is 0.442. The number of aliphatic imine (C=N–C) groups is 2. The number of carbonyl (C=O) groups excluding carboxylic acids is 1. The lowest BCUT2D eigenvalue weighted by Gasteiger charge is -2.17. The summed E-state index contributed by atoms with van der Waals surface area (Å²) in [7, 11) is 0. The maximum absolute atomic E-state index is 9.88. The van der Waals surface area contributed by atoms with Crippen molar-refractivity contribution >= 4 is 19.1 Å². The zero-order valence-corrected chi connectivity index (χ0v) is 6.81. The molecule has 1 rings (SSSR count).